The number of pyridine rings is 1. The van der Waals surface area contributed by atoms with Crippen LogP contribution < -0.4 is 15.4 Å². The van der Waals surface area contributed by atoms with Gasteiger partial charge in [0.25, 0.3) is 0 Å². The molecule has 158 valence electrons. The first-order valence-corrected chi connectivity index (χ1v) is 10.7. The van der Waals surface area contributed by atoms with Crippen LogP contribution in [0.25, 0.3) is 16.6 Å². The Morgan fingerprint density at radius 1 is 1.20 bits per heavy atom. The highest BCUT2D eigenvalue weighted by Gasteiger charge is 2.23. The van der Waals surface area contributed by atoms with Crippen molar-refractivity contribution in [2.75, 3.05) is 39.2 Å². The number of nitrogens with one attached hydrogen (secondary N) is 2. The highest BCUT2D eigenvalue weighted by molar-refractivity contribution is 5.88. The molecule has 0 radical (unpaired) electrons. The van der Waals surface area contributed by atoms with E-state index in [9.17, 15) is 0 Å². The van der Waals surface area contributed by atoms with E-state index in [0.717, 1.165) is 72.9 Å². The van der Waals surface area contributed by atoms with Gasteiger partial charge in [-0.25, -0.2) is 9.67 Å². The molecule has 2 aromatic heterocycles. The number of anilines is 1. The van der Waals surface area contributed by atoms with E-state index in [4.69, 9.17) is 14.5 Å². The summed E-state index contributed by atoms with van der Waals surface area (Å²) < 4.78 is 13.1. The number of rotatable bonds is 5. The number of fused-ring (bicyclic) bond motifs is 1. The Morgan fingerprint density at radius 2 is 2.07 bits per heavy atom. The Hall–Kier alpha value is -2.71. The van der Waals surface area contributed by atoms with Gasteiger partial charge in [0.2, 0.25) is 0 Å². The molecule has 0 aliphatic carbocycles. The average molecular weight is 409 g/mol. The van der Waals surface area contributed by atoms with Crippen LogP contribution in [0, 0.1) is 0 Å². The highest BCUT2D eigenvalue weighted by Crippen LogP contribution is 2.37. The zero-order valence-corrected chi connectivity index (χ0v) is 17.5. The van der Waals surface area contributed by atoms with Gasteiger partial charge in [0, 0.05) is 25.6 Å². The molecule has 2 fully saturated rings. The van der Waals surface area contributed by atoms with Crippen LogP contribution in [0.2, 0.25) is 0 Å². The molecule has 2 aliphatic heterocycles. The van der Waals surface area contributed by atoms with Crippen molar-refractivity contribution in [1.29, 1.82) is 0 Å². The molecular weight excluding hydrogens is 380 g/mol. The van der Waals surface area contributed by atoms with Crippen LogP contribution >= 0.6 is 0 Å². The summed E-state index contributed by atoms with van der Waals surface area (Å²) in [5.41, 5.74) is 4.04. The Labute approximate surface area is 176 Å². The molecule has 0 bridgehead atoms. The molecule has 3 aromatic rings. The molecule has 2 aliphatic rings. The Kier molecular flexibility index (Phi) is 5.26. The first kappa shape index (κ1) is 19.3. The number of methoxy groups -OCH3 is 1. The fourth-order valence-electron chi connectivity index (χ4n) is 4.58. The number of hydrogen-bond donors (Lipinski definition) is 2. The molecule has 1 atom stereocenters. The minimum Gasteiger partial charge on any atom is -0.494 e. The summed E-state index contributed by atoms with van der Waals surface area (Å²) >= 11 is 0. The van der Waals surface area contributed by atoms with Crippen LogP contribution in [0.3, 0.4) is 0 Å². The van der Waals surface area contributed by atoms with Crippen molar-refractivity contribution < 1.29 is 9.47 Å². The van der Waals surface area contributed by atoms with Gasteiger partial charge in [-0.3, -0.25) is 0 Å². The fraction of sp³-hybridized carbons (Fsp3) is 0.500. The first-order chi connectivity index (χ1) is 14.8. The molecule has 0 saturated carbocycles. The fourth-order valence-corrected chi connectivity index (χ4v) is 4.58. The third-order valence-corrected chi connectivity index (χ3v) is 6.23. The molecule has 8 nitrogen and oxygen atoms in total. The van der Waals surface area contributed by atoms with E-state index < -0.39 is 0 Å². The van der Waals surface area contributed by atoms with Crippen molar-refractivity contribution in [3.63, 3.8) is 0 Å². The van der Waals surface area contributed by atoms with Crippen molar-refractivity contribution >= 4 is 16.7 Å². The SMILES string of the molecule is CNc1cc(C2CCOCC2)c2cc(OC)c(-n3cc([C@@H]4CCCN4)nn3)cc2n1. The minimum absolute atomic E-state index is 0.277. The predicted octanol–water partition coefficient (Wildman–Crippen LogP) is 3.18. The van der Waals surface area contributed by atoms with Gasteiger partial charge < -0.3 is 20.1 Å². The van der Waals surface area contributed by atoms with E-state index >= 15 is 0 Å². The van der Waals surface area contributed by atoms with Crippen LogP contribution in [-0.2, 0) is 4.74 Å². The van der Waals surface area contributed by atoms with E-state index in [-0.39, 0.29) is 6.04 Å². The van der Waals surface area contributed by atoms with E-state index in [1.807, 2.05) is 13.2 Å². The van der Waals surface area contributed by atoms with Gasteiger partial charge >= 0.3 is 0 Å². The number of aromatic nitrogens is 4. The Morgan fingerprint density at radius 3 is 2.80 bits per heavy atom. The van der Waals surface area contributed by atoms with Gasteiger partial charge in [0.15, 0.2) is 0 Å². The van der Waals surface area contributed by atoms with E-state index in [0.29, 0.717) is 5.92 Å². The molecule has 0 spiro atoms. The summed E-state index contributed by atoms with van der Waals surface area (Å²) in [7, 11) is 3.61. The lowest BCUT2D eigenvalue weighted by Gasteiger charge is -2.24. The van der Waals surface area contributed by atoms with Crippen molar-refractivity contribution in [3.05, 3.63) is 35.7 Å². The summed E-state index contributed by atoms with van der Waals surface area (Å²) in [6, 6.07) is 6.59. The third-order valence-electron chi connectivity index (χ3n) is 6.23. The quantitative estimate of drug-likeness (QED) is 0.670. The maximum absolute atomic E-state index is 5.77. The topological polar surface area (TPSA) is 86.1 Å². The molecule has 2 N–H and O–H groups in total. The van der Waals surface area contributed by atoms with Gasteiger partial charge in [-0.15, -0.1) is 5.10 Å². The van der Waals surface area contributed by atoms with E-state index in [1.165, 1.54) is 12.0 Å². The predicted molar refractivity (Wildman–Crippen MR) is 116 cm³/mol. The summed E-state index contributed by atoms with van der Waals surface area (Å²) in [6.45, 7) is 2.63. The standard InChI is InChI=1S/C22H28N6O2/c1-23-22-11-15(14-5-8-30-9-6-14)16-10-21(29-2)20(12-18(16)25-22)28-13-19(26-27-28)17-4-3-7-24-17/h10-14,17,24H,3-9H2,1-2H3,(H,23,25)/t17-/m0/s1. The summed E-state index contributed by atoms with van der Waals surface area (Å²) in [5, 5.41) is 16.6. The summed E-state index contributed by atoms with van der Waals surface area (Å²) in [4.78, 5) is 4.82. The van der Waals surface area contributed by atoms with Gasteiger partial charge in [0.05, 0.1) is 24.9 Å². The number of hydrogen-bond acceptors (Lipinski definition) is 7. The normalized spacial score (nSPS) is 20.0. The minimum atomic E-state index is 0.277. The monoisotopic (exact) mass is 408 g/mol. The molecule has 0 amide bonds. The van der Waals surface area contributed by atoms with Crippen LogP contribution in [0.5, 0.6) is 5.75 Å². The first-order valence-electron chi connectivity index (χ1n) is 10.7. The second kappa shape index (κ2) is 8.20. The van der Waals surface area contributed by atoms with Crippen molar-refractivity contribution in [3.8, 4) is 11.4 Å². The Bertz CT molecular complexity index is 1040. The zero-order chi connectivity index (χ0) is 20.5. The maximum Gasteiger partial charge on any atom is 0.145 e. The smallest absolute Gasteiger partial charge is 0.145 e. The van der Waals surface area contributed by atoms with E-state index in [1.54, 1.807) is 11.8 Å². The molecule has 1 aromatic carbocycles. The molecule has 8 heteroatoms. The molecular formula is C22H28N6O2. The second-order valence-electron chi connectivity index (χ2n) is 8.01. The van der Waals surface area contributed by atoms with E-state index in [2.05, 4.69) is 39.1 Å². The lowest BCUT2D eigenvalue weighted by atomic mass is 9.89. The summed E-state index contributed by atoms with van der Waals surface area (Å²) in [6.07, 6.45) is 6.30. The highest BCUT2D eigenvalue weighted by atomic mass is 16.5. The average Bonchev–Trinajstić information content (AvgIpc) is 3.50. The molecule has 5 rings (SSSR count). The van der Waals surface area contributed by atoms with Gasteiger partial charge in [0.1, 0.15) is 22.9 Å². The van der Waals surface area contributed by atoms with Gasteiger partial charge in [-0.1, -0.05) is 5.21 Å². The van der Waals surface area contributed by atoms with Crippen LogP contribution in [0.4, 0.5) is 5.82 Å². The van der Waals surface area contributed by atoms with Crippen molar-refractivity contribution in [2.45, 2.75) is 37.6 Å². The molecule has 4 heterocycles. The number of ether oxygens (including phenoxy) is 2. The molecule has 0 unspecified atom stereocenters. The van der Waals surface area contributed by atoms with Gasteiger partial charge in [-0.2, -0.15) is 0 Å². The van der Waals surface area contributed by atoms with Crippen molar-refractivity contribution in [2.24, 2.45) is 0 Å². The summed E-state index contributed by atoms with van der Waals surface area (Å²) in [5.74, 6) is 2.10. The van der Waals surface area contributed by atoms with Crippen LogP contribution in [0.1, 0.15) is 48.9 Å². The maximum atomic E-state index is 5.77. The lowest BCUT2D eigenvalue weighted by molar-refractivity contribution is 0.0856. The van der Waals surface area contributed by atoms with Gasteiger partial charge in [-0.05, 0) is 61.9 Å². The zero-order valence-electron chi connectivity index (χ0n) is 17.5. The number of nitrogens with zero attached hydrogens (tertiary/aromatic N) is 4. The van der Waals surface area contributed by atoms with Crippen LogP contribution in [0.15, 0.2) is 24.4 Å². The lowest BCUT2D eigenvalue weighted by Crippen LogP contribution is -2.15. The second-order valence-corrected chi connectivity index (χ2v) is 8.01. The largest absolute Gasteiger partial charge is 0.494 e. The molecule has 30 heavy (non-hydrogen) atoms. The Balaban J connectivity index is 1.61. The number of benzene rings is 1. The molecule has 2 saturated heterocycles. The third kappa shape index (κ3) is 3.50. The van der Waals surface area contributed by atoms with Crippen LogP contribution in [-0.4, -0.2) is 53.9 Å². The van der Waals surface area contributed by atoms with Crippen molar-refractivity contribution in [1.82, 2.24) is 25.3 Å².